The minimum absolute atomic E-state index is 0.183. The molecule has 20 heavy (non-hydrogen) atoms. The maximum Gasteiger partial charge on any atom is 0.194 e. The number of rotatable bonds is 4. The highest BCUT2D eigenvalue weighted by atomic mass is 35.5. The Balaban J connectivity index is 2.59. The van der Waals surface area contributed by atoms with Crippen LogP contribution in [0.4, 0.5) is 0 Å². The second-order valence-electron chi connectivity index (χ2n) is 3.98. The first-order valence-electron chi connectivity index (χ1n) is 5.79. The summed E-state index contributed by atoms with van der Waals surface area (Å²) in [5.74, 6) is 0.336. The SMILES string of the molecule is COc1c(Cl)cc(C(=O)c2ccccc2)c(Cl)c1OC. The third-order valence-electron chi connectivity index (χ3n) is 2.82. The molecule has 0 bridgehead atoms. The molecular formula is C15H12Cl2O3. The smallest absolute Gasteiger partial charge is 0.194 e. The van der Waals surface area contributed by atoms with E-state index in [0.717, 1.165) is 0 Å². The molecule has 0 radical (unpaired) electrons. The van der Waals surface area contributed by atoms with E-state index in [4.69, 9.17) is 32.7 Å². The van der Waals surface area contributed by atoms with Crippen LogP contribution in [-0.4, -0.2) is 20.0 Å². The molecule has 0 amide bonds. The predicted molar refractivity (Wildman–Crippen MR) is 79.4 cm³/mol. The van der Waals surface area contributed by atoms with E-state index in [1.165, 1.54) is 20.3 Å². The van der Waals surface area contributed by atoms with Crippen molar-refractivity contribution in [2.24, 2.45) is 0 Å². The van der Waals surface area contributed by atoms with Crippen molar-refractivity contribution >= 4 is 29.0 Å². The Labute approximate surface area is 127 Å². The van der Waals surface area contributed by atoms with Crippen LogP contribution >= 0.6 is 23.2 Å². The lowest BCUT2D eigenvalue weighted by Gasteiger charge is -2.14. The van der Waals surface area contributed by atoms with Crippen molar-refractivity contribution < 1.29 is 14.3 Å². The second-order valence-corrected chi connectivity index (χ2v) is 4.77. The maximum atomic E-state index is 12.4. The summed E-state index contributed by atoms with van der Waals surface area (Å²) in [6.45, 7) is 0. The largest absolute Gasteiger partial charge is 0.491 e. The van der Waals surface area contributed by atoms with Crippen molar-refractivity contribution in [1.82, 2.24) is 0 Å². The first-order chi connectivity index (χ1) is 9.60. The molecule has 0 heterocycles. The van der Waals surface area contributed by atoms with Gasteiger partial charge in [0.2, 0.25) is 0 Å². The van der Waals surface area contributed by atoms with Crippen LogP contribution in [-0.2, 0) is 0 Å². The van der Waals surface area contributed by atoms with E-state index >= 15 is 0 Å². The molecule has 2 aromatic carbocycles. The minimum atomic E-state index is -0.224. The highest BCUT2D eigenvalue weighted by molar-refractivity contribution is 6.39. The molecule has 0 aliphatic heterocycles. The normalized spacial score (nSPS) is 10.2. The lowest BCUT2D eigenvalue weighted by molar-refractivity contribution is 0.103. The minimum Gasteiger partial charge on any atom is -0.491 e. The van der Waals surface area contributed by atoms with Gasteiger partial charge in [-0.15, -0.1) is 0 Å². The van der Waals surface area contributed by atoms with Gasteiger partial charge in [0.25, 0.3) is 0 Å². The number of benzene rings is 2. The highest BCUT2D eigenvalue weighted by Crippen LogP contribution is 2.43. The van der Waals surface area contributed by atoms with Crippen LogP contribution in [0.3, 0.4) is 0 Å². The summed E-state index contributed by atoms with van der Waals surface area (Å²) in [6.07, 6.45) is 0. The van der Waals surface area contributed by atoms with Gasteiger partial charge in [-0.2, -0.15) is 0 Å². The van der Waals surface area contributed by atoms with Gasteiger partial charge in [0.05, 0.1) is 24.3 Å². The van der Waals surface area contributed by atoms with Crippen LogP contribution in [0.5, 0.6) is 11.5 Å². The van der Waals surface area contributed by atoms with E-state index in [1.54, 1.807) is 24.3 Å². The Morgan fingerprint density at radius 1 is 1.00 bits per heavy atom. The van der Waals surface area contributed by atoms with Gasteiger partial charge < -0.3 is 9.47 Å². The molecule has 0 saturated carbocycles. The lowest BCUT2D eigenvalue weighted by Crippen LogP contribution is -2.04. The summed E-state index contributed by atoms with van der Waals surface area (Å²) in [5, 5.41) is 0.454. The van der Waals surface area contributed by atoms with Crippen molar-refractivity contribution in [3.63, 3.8) is 0 Å². The fourth-order valence-electron chi connectivity index (χ4n) is 1.87. The van der Waals surface area contributed by atoms with Gasteiger partial charge in [-0.05, 0) is 6.07 Å². The molecule has 0 aliphatic rings. The van der Waals surface area contributed by atoms with Gasteiger partial charge in [-0.1, -0.05) is 53.5 Å². The highest BCUT2D eigenvalue weighted by Gasteiger charge is 2.22. The Morgan fingerprint density at radius 3 is 2.15 bits per heavy atom. The molecule has 0 atom stereocenters. The molecule has 0 fully saturated rings. The van der Waals surface area contributed by atoms with E-state index in [1.807, 2.05) is 6.07 Å². The Morgan fingerprint density at radius 2 is 1.60 bits per heavy atom. The molecule has 0 aromatic heterocycles. The van der Waals surface area contributed by atoms with E-state index in [9.17, 15) is 4.79 Å². The van der Waals surface area contributed by atoms with Crippen molar-refractivity contribution in [1.29, 1.82) is 0 Å². The number of hydrogen-bond acceptors (Lipinski definition) is 3. The summed E-state index contributed by atoms with van der Waals surface area (Å²) >= 11 is 12.3. The zero-order valence-electron chi connectivity index (χ0n) is 10.9. The average molecular weight is 311 g/mol. The standard InChI is InChI=1S/C15H12Cl2O3/c1-19-14-11(16)8-10(12(17)15(14)20-2)13(18)9-6-4-3-5-7-9/h3-8H,1-2H3. The van der Waals surface area contributed by atoms with Gasteiger partial charge in [-0.25, -0.2) is 0 Å². The summed E-state index contributed by atoms with van der Waals surface area (Å²) < 4.78 is 10.3. The second kappa shape index (κ2) is 6.16. The van der Waals surface area contributed by atoms with Crippen LogP contribution in [0, 0.1) is 0 Å². The zero-order chi connectivity index (χ0) is 14.7. The summed E-state index contributed by atoms with van der Waals surface area (Å²) in [4.78, 5) is 12.4. The first-order valence-corrected chi connectivity index (χ1v) is 6.55. The fourth-order valence-corrected chi connectivity index (χ4v) is 2.44. The number of carbonyl (C=O) groups is 1. The summed E-state index contributed by atoms with van der Waals surface area (Å²) in [7, 11) is 2.90. The molecule has 0 aliphatic carbocycles. The van der Waals surface area contributed by atoms with Gasteiger partial charge >= 0.3 is 0 Å². The van der Waals surface area contributed by atoms with Gasteiger partial charge in [0.1, 0.15) is 0 Å². The molecular weight excluding hydrogens is 299 g/mol. The molecule has 104 valence electrons. The third kappa shape index (κ3) is 2.60. The number of methoxy groups -OCH3 is 2. The van der Waals surface area contributed by atoms with Crippen LogP contribution in [0.25, 0.3) is 0 Å². The molecule has 2 rings (SSSR count). The number of ketones is 1. The molecule has 3 nitrogen and oxygen atoms in total. The predicted octanol–water partition coefficient (Wildman–Crippen LogP) is 4.24. The number of halogens is 2. The first kappa shape index (κ1) is 14.7. The topological polar surface area (TPSA) is 35.5 Å². The van der Waals surface area contributed by atoms with Crippen LogP contribution in [0.15, 0.2) is 36.4 Å². The van der Waals surface area contributed by atoms with E-state index in [-0.39, 0.29) is 27.1 Å². The Kier molecular flexibility index (Phi) is 4.53. The maximum absolute atomic E-state index is 12.4. The number of ether oxygens (including phenoxy) is 2. The zero-order valence-corrected chi connectivity index (χ0v) is 12.5. The Bertz CT molecular complexity index is 639. The van der Waals surface area contributed by atoms with Gasteiger partial charge in [-0.3, -0.25) is 4.79 Å². The number of carbonyl (C=O) groups excluding carboxylic acids is 1. The van der Waals surface area contributed by atoms with E-state index in [2.05, 4.69) is 0 Å². The van der Waals surface area contributed by atoms with Crippen LogP contribution in [0.2, 0.25) is 10.0 Å². The number of hydrogen-bond donors (Lipinski definition) is 0. The molecule has 0 spiro atoms. The molecule has 0 unspecified atom stereocenters. The van der Waals surface area contributed by atoms with Crippen molar-refractivity contribution in [3.05, 3.63) is 57.6 Å². The molecule has 2 aromatic rings. The third-order valence-corrected chi connectivity index (χ3v) is 3.47. The van der Waals surface area contributed by atoms with E-state index in [0.29, 0.717) is 11.3 Å². The van der Waals surface area contributed by atoms with Crippen molar-refractivity contribution in [2.45, 2.75) is 0 Å². The quantitative estimate of drug-likeness (QED) is 0.792. The monoisotopic (exact) mass is 310 g/mol. The Hall–Kier alpha value is -1.71. The molecule has 0 saturated heterocycles. The van der Waals surface area contributed by atoms with Gasteiger partial charge in [0, 0.05) is 11.1 Å². The fraction of sp³-hybridized carbons (Fsp3) is 0.133. The average Bonchev–Trinajstić information content (AvgIpc) is 2.48. The molecule has 0 N–H and O–H groups in total. The summed E-state index contributed by atoms with van der Waals surface area (Å²) in [5.41, 5.74) is 0.804. The van der Waals surface area contributed by atoms with E-state index < -0.39 is 0 Å². The van der Waals surface area contributed by atoms with Crippen LogP contribution < -0.4 is 9.47 Å². The van der Waals surface area contributed by atoms with Crippen molar-refractivity contribution in [2.75, 3.05) is 14.2 Å². The van der Waals surface area contributed by atoms with Crippen molar-refractivity contribution in [3.8, 4) is 11.5 Å². The lowest BCUT2D eigenvalue weighted by atomic mass is 10.0. The van der Waals surface area contributed by atoms with Gasteiger partial charge in [0.15, 0.2) is 17.3 Å². The van der Waals surface area contributed by atoms with Crippen LogP contribution in [0.1, 0.15) is 15.9 Å². The summed E-state index contributed by atoms with van der Waals surface area (Å²) in [6, 6.07) is 10.3. The molecule has 5 heteroatoms.